The highest BCUT2D eigenvalue weighted by atomic mass is 14.7. The molecule has 0 amide bonds. The quantitative estimate of drug-likeness (QED) is 0.192. The molecule has 7 aromatic carbocycles. The molecule has 2 heterocycles. The third-order valence-corrected chi connectivity index (χ3v) is 9.13. The van der Waals surface area contributed by atoms with E-state index >= 15 is 0 Å². The first-order valence-electron chi connectivity index (χ1n) is 15.6. The van der Waals surface area contributed by atoms with Crippen molar-refractivity contribution in [3.63, 3.8) is 0 Å². The molecule has 0 saturated heterocycles. The molecule has 2 aromatic heterocycles. The molecular weight excluding hydrogens is 556 g/mol. The Labute approximate surface area is 267 Å². The summed E-state index contributed by atoms with van der Waals surface area (Å²) >= 11 is 0. The first-order valence-corrected chi connectivity index (χ1v) is 15.6. The summed E-state index contributed by atoms with van der Waals surface area (Å²) in [5.41, 5.74) is 8.84. The van der Waals surface area contributed by atoms with E-state index in [4.69, 9.17) is 4.98 Å². The molecule has 0 bridgehead atoms. The van der Waals surface area contributed by atoms with Crippen molar-refractivity contribution in [1.82, 2.24) is 9.97 Å². The summed E-state index contributed by atoms with van der Waals surface area (Å²) in [7, 11) is 0. The lowest BCUT2D eigenvalue weighted by Gasteiger charge is -2.13. The standard InChI is InChI=1S/C44H28N2/c1-2-14-36-34(9-1)28-43(46-44(36)29-21-23-45-24-22-29)35-13-8-12-32(26-35)30-10-7-11-31(25-30)33-19-20-41-39-17-4-3-15-37(39)38-16-5-6-18-40(38)42(41)27-33/h1-28H. The zero-order valence-electron chi connectivity index (χ0n) is 25.1. The van der Waals surface area contributed by atoms with Crippen LogP contribution in [0.15, 0.2) is 170 Å². The second kappa shape index (κ2) is 10.8. The molecule has 0 radical (unpaired) electrons. The van der Waals surface area contributed by atoms with Gasteiger partial charge < -0.3 is 0 Å². The topological polar surface area (TPSA) is 25.8 Å². The Morgan fingerprint density at radius 3 is 1.46 bits per heavy atom. The van der Waals surface area contributed by atoms with Gasteiger partial charge in [0.2, 0.25) is 0 Å². The molecule has 46 heavy (non-hydrogen) atoms. The van der Waals surface area contributed by atoms with E-state index in [1.165, 1.54) is 54.4 Å². The Bertz CT molecular complexity index is 2550. The van der Waals surface area contributed by atoms with Gasteiger partial charge in [-0.2, -0.15) is 0 Å². The zero-order chi connectivity index (χ0) is 30.5. The van der Waals surface area contributed by atoms with Gasteiger partial charge in [-0.15, -0.1) is 0 Å². The molecule has 0 aliphatic heterocycles. The molecule has 0 N–H and O–H groups in total. The highest BCUT2D eigenvalue weighted by Gasteiger charge is 2.12. The summed E-state index contributed by atoms with van der Waals surface area (Å²) < 4.78 is 0. The van der Waals surface area contributed by atoms with E-state index in [0.29, 0.717) is 0 Å². The SMILES string of the molecule is c1cc(-c2cccc(-c3cc4ccccc4c(-c4ccncc4)n3)c2)cc(-c2ccc3c4ccccc4c4ccccc4c3c2)c1. The number of benzene rings is 7. The normalized spacial score (nSPS) is 11.5. The van der Waals surface area contributed by atoms with Crippen molar-refractivity contribution in [1.29, 1.82) is 0 Å². The van der Waals surface area contributed by atoms with Gasteiger partial charge in [-0.3, -0.25) is 4.98 Å². The Morgan fingerprint density at radius 2 is 0.804 bits per heavy atom. The Hall–Kier alpha value is -6.12. The second-order valence-corrected chi connectivity index (χ2v) is 11.8. The van der Waals surface area contributed by atoms with Gasteiger partial charge in [0.05, 0.1) is 11.4 Å². The van der Waals surface area contributed by atoms with Gasteiger partial charge in [0.1, 0.15) is 0 Å². The van der Waals surface area contributed by atoms with Gasteiger partial charge in [-0.25, -0.2) is 4.98 Å². The van der Waals surface area contributed by atoms with Crippen molar-refractivity contribution in [2.45, 2.75) is 0 Å². The molecule has 0 fully saturated rings. The van der Waals surface area contributed by atoms with Crippen molar-refractivity contribution in [2.75, 3.05) is 0 Å². The molecule has 2 heteroatoms. The fourth-order valence-corrected chi connectivity index (χ4v) is 6.90. The maximum atomic E-state index is 5.19. The van der Waals surface area contributed by atoms with Crippen LogP contribution in [0.3, 0.4) is 0 Å². The van der Waals surface area contributed by atoms with E-state index in [2.05, 4.69) is 151 Å². The number of fused-ring (bicyclic) bond motifs is 7. The number of aromatic nitrogens is 2. The molecule has 214 valence electrons. The lowest BCUT2D eigenvalue weighted by atomic mass is 9.91. The highest BCUT2D eigenvalue weighted by Crippen LogP contribution is 2.38. The van der Waals surface area contributed by atoms with Crippen molar-refractivity contribution in [2.24, 2.45) is 0 Å². The van der Waals surface area contributed by atoms with Crippen LogP contribution in [0, 0.1) is 0 Å². The van der Waals surface area contributed by atoms with E-state index in [1.807, 2.05) is 24.5 Å². The molecule has 0 saturated carbocycles. The van der Waals surface area contributed by atoms with Crippen molar-refractivity contribution >= 4 is 43.1 Å². The average Bonchev–Trinajstić information content (AvgIpc) is 3.15. The van der Waals surface area contributed by atoms with Gasteiger partial charge in [0.15, 0.2) is 0 Å². The van der Waals surface area contributed by atoms with E-state index in [0.717, 1.165) is 33.5 Å². The van der Waals surface area contributed by atoms with Gasteiger partial charge in [-0.1, -0.05) is 121 Å². The van der Waals surface area contributed by atoms with E-state index in [-0.39, 0.29) is 0 Å². The second-order valence-electron chi connectivity index (χ2n) is 11.8. The van der Waals surface area contributed by atoms with Gasteiger partial charge in [-0.05, 0) is 96.4 Å². The molecule has 0 aliphatic rings. The smallest absolute Gasteiger partial charge is 0.0788 e. The average molecular weight is 585 g/mol. The largest absolute Gasteiger partial charge is 0.265 e. The van der Waals surface area contributed by atoms with Crippen LogP contribution < -0.4 is 0 Å². The van der Waals surface area contributed by atoms with Crippen molar-refractivity contribution in [3.8, 4) is 44.8 Å². The first-order chi connectivity index (χ1) is 22.8. The molecule has 9 aromatic rings. The third kappa shape index (κ3) is 4.43. The van der Waals surface area contributed by atoms with Crippen LogP contribution >= 0.6 is 0 Å². The molecule has 0 atom stereocenters. The minimum atomic E-state index is 0.956. The fraction of sp³-hybridized carbons (Fsp3) is 0. The summed E-state index contributed by atoms with van der Waals surface area (Å²) in [5, 5.41) is 10.1. The number of pyridine rings is 2. The summed E-state index contributed by atoms with van der Waals surface area (Å²) in [6, 6.07) is 56.7. The Morgan fingerprint density at radius 1 is 0.304 bits per heavy atom. The minimum absolute atomic E-state index is 0.956. The number of hydrogen-bond acceptors (Lipinski definition) is 2. The van der Waals surface area contributed by atoms with E-state index in [9.17, 15) is 0 Å². The maximum Gasteiger partial charge on any atom is 0.0788 e. The molecular formula is C44H28N2. The predicted molar refractivity (Wildman–Crippen MR) is 194 cm³/mol. The van der Waals surface area contributed by atoms with Crippen LogP contribution in [0.25, 0.3) is 87.9 Å². The Balaban J connectivity index is 1.15. The molecule has 9 rings (SSSR count). The number of rotatable bonds is 4. The third-order valence-electron chi connectivity index (χ3n) is 9.13. The summed E-state index contributed by atoms with van der Waals surface area (Å²) in [6.07, 6.45) is 3.65. The Kier molecular flexibility index (Phi) is 6.17. The highest BCUT2D eigenvalue weighted by molar-refractivity contribution is 6.25. The zero-order valence-corrected chi connectivity index (χ0v) is 25.1. The summed E-state index contributed by atoms with van der Waals surface area (Å²) in [6.45, 7) is 0. The molecule has 2 nitrogen and oxygen atoms in total. The van der Waals surface area contributed by atoms with Crippen molar-refractivity contribution < 1.29 is 0 Å². The summed E-state index contributed by atoms with van der Waals surface area (Å²) in [4.78, 5) is 9.41. The van der Waals surface area contributed by atoms with Crippen LogP contribution in [-0.2, 0) is 0 Å². The van der Waals surface area contributed by atoms with Crippen LogP contribution in [0.5, 0.6) is 0 Å². The molecule has 0 unspecified atom stereocenters. The lowest BCUT2D eigenvalue weighted by Crippen LogP contribution is -1.92. The monoisotopic (exact) mass is 584 g/mol. The fourth-order valence-electron chi connectivity index (χ4n) is 6.90. The van der Waals surface area contributed by atoms with Gasteiger partial charge in [0.25, 0.3) is 0 Å². The van der Waals surface area contributed by atoms with Crippen LogP contribution in [0.1, 0.15) is 0 Å². The van der Waals surface area contributed by atoms with Crippen LogP contribution in [-0.4, -0.2) is 9.97 Å². The van der Waals surface area contributed by atoms with Crippen LogP contribution in [0.4, 0.5) is 0 Å². The molecule has 0 spiro atoms. The maximum absolute atomic E-state index is 5.19. The predicted octanol–water partition coefficient (Wildman–Crippen LogP) is 11.8. The first kappa shape index (κ1) is 26.3. The summed E-state index contributed by atoms with van der Waals surface area (Å²) in [5.74, 6) is 0. The van der Waals surface area contributed by atoms with Gasteiger partial charge >= 0.3 is 0 Å². The minimum Gasteiger partial charge on any atom is -0.265 e. The van der Waals surface area contributed by atoms with Gasteiger partial charge in [0, 0.05) is 28.9 Å². The lowest BCUT2D eigenvalue weighted by molar-refractivity contribution is 1.30. The van der Waals surface area contributed by atoms with E-state index in [1.54, 1.807) is 0 Å². The van der Waals surface area contributed by atoms with Crippen LogP contribution in [0.2, 0.25) is 0 Å². The van der Waals surface area contributed by atoms with Crippen molar-refractivity contribution in [3.05, 3.63) is 170 Å². The molecule has 0 aliphatic carbocycles. The number of hydrogen-bond donors (Lipinski definition) is 0. The van der Waals surface area contributed by atoms with E-state index < -0.39 is 0 Å². The number of nitrogens with zero attached hydrogens (tertiary/aromatic N) is 2.